The molecular formula is C6H13. The summed E-state index contributed by atoms with van der Waals surface area (Å²) in [5.74, 6) is 0. The van der Waals surface area contributed by atoms with Crippen molar-refractivity contribution < 1.29 is 5.48 Å². The van der Waals surface area contributed by atoms with Gasteiger partial charge in [0.05, 0.1) is 0 Å². The summed E-state index contributed by atoms with van der Waals surface area (Å²) in [4.78, 5) is 0. The van der Waals surface area contributed by atoms with Gasteiger partial charge >= 0.3 is 0 Å². The van der Waals surface area contributed by atoms with Gasteiger partial charge in [0.15, 0.2) is 0 Å². The van der Waals surface area contributed by atoms with Gasteiger partial charge in [-0.15, -0.1) is 0 Å². The van der Waals surface area contributed by atoms with Crippen molar-refractivity contribution in [1.29, 1.82) is 0 Å². The molecule has 0 atom stereocenters. The molecule has 0 spiro atoms. The van der Waals surface area contributed by atoms with Crippen LogP contribution in [0.4, 0.5) is 0 Å². The summed E-state index contributed by atoms with van der Waals surface area (Å²) in [5.41, 5.74) is 0. The molecule has 0 aliphatic heterocycles. The first kappa shape index (κ1) is 1.85. The van der Waals surface area contributed by atoms with Crippen molar-refractivity contribution in [1.82, 2.24) is 0 Å². The van der Waals surface area contributed by atoms with E-state index in [2.05, 4.69) is 0 Å². The fraction of sp³-hybridized carbons (Fsp3) is 0.833. The SMILES string of the molecule is [2H]C([2H])(C)[CH]CC([2H])([2H])C. The maximum absolute atomic E-state index is 7.08. The lowest BCUT2D eigenvalue weighted by Crippen LogP contribution is -1.67. The highest BCUT2D eigenvalue weighted by molar-refractivity contribution is 4.57. The van der Waals surface area contributed by atoms with Gasteiger partial charge in [0.25, 0.3) is 0 Å². The molecule has 0 saturated carbocycles. The third-order valence-corrected chi connectivity index (χ3v) is 0.510. The minimum atomic E-state index is -1.36. The molecule has 0 fully saturated rings. The standard InChI is InChI=1S/C6H13/c1-3-5-6-4-2/h5H,3-4,6H2,1-2H3/i3D2,4D2. The van der Waals surface area contributed by atoms with E-state index in [1.807, 2.05) is 0 Å². The van der Waals surface area contributed by atoms with Gasteiger partial charge in [0, 0.05) is 5.48 Å². The van der Waals surface area contributed by atoms with E-state index >= 15 is 0 Å². The first-order valence-corrected chi connectivity index (χ1v) is 2.05. The first-order valence-electron chi connectivity index (χ1n) is 4.05. The average molecular weight is 89.2 g/mol. The largest absolute Gasteiger partial charge is 0.0654 e. The average Bonchev–Trinajstić information content (AvgIpc) is 1.57. The summed E-state index contributed by atoms with van der Waals surface area (Å²) in [7, 11) is 0. The van der Waals surface area contributed by atoms with E-state index in [4.69, 9.17) is 5.48 Å². The quantitative estimate of drug-likeness (QED) is 0.498. The molecule has 0 aromatic carbocycles. The van der Waals surface area contributed by atoms with Crippen molar-refractivity contribution in [2.75, 3.05) is 0 Å². The highest BCUT2D eigenvalue weighted by Crippen LogP contribution is 1.93. The van der Waals surface area contributed by atoms with Crippen molar-refractivity contribution in [3.8, 4) is 0 Å². The molecule has 0 rings (SSSR count). The van der Waals surface area contributed by atoms with Gasteiger partial charge in [-0.25, -0.2) is 0 Å². The van der Waals surface area contributed by atoms with E-state index in [9.17, 15) is 0 Å². The van der Waals surface area contributed by atoms with Gasteiger partial charge in [-0.3, -0.25) is 0 Å². The Bertz CT molecular complexity index is 83.3. The maximum atomic E-state index is 7.08. The van der Waals surface area contributed by atoms with Gasteiger partial charge in [-0.05, 0) is 6.42 Å². The second-order valence-electron chi connectivity index (χ2n) is 1.05. The zero-order chi connectivity index (χ0) is 8.41. The molecule has 0 aliphatic carbocycles. The highest BCUT2D eigenvalue weighted by atomic mass is 13.8. The van der Waals surface area contributed by atoms with Crippen LogP contribution < -0.4 is 0 Å². The van der Waals surface area contributed by atoms with Crippen LogP contribution >= 0.6 is 0 Å². The van der Waals surface area contributed by atoms with E-state index < -0.39 is 12.7 Å². The fourth-order valence-electron chi connectivity index (χ4n) is 0.204. The predicted molar refractivity (Wildman–Crippen MR) is 29.5 cm³/mol. The van der Waals surface area contributed by atoms with Crippen LogP contribution in [0.3, 0.4) is 0 Å². The van der Waals surface area contributed by atoms with Crippen LogP contribution in [-0.4, -0.2) is 0 Å². The van der Waals surface area contributed by atoms with Gasteiger partial charge in [-0.2, -0.15) is 0 Å². The molecule has 0 bridgehead atoms. The molecule has 0 unspecified atom stereocenters. The normalized spacial score (nSPS) is 23.7. The summed E-state index contributed by atoms with van der Waals surface area (Å²) in [6, 6.07) is 0. The topological polar surface area (TPSA) is 0 Å². The van der Waals surface area contributed by atoms with Crippen LogP contribution in [0.15, 0.2) is 0 Å². The molecule has 0 aromatic heterocycles. The van der Waals surface area contributed by atoms with Crippen molar-refractivity contribution in [2.24, 2.45) is 0 Å². The summed E-state index contributed by atoms with van der Waals surface area (Å²) in [5, 5.41) is 0. The highest BCUT2D eigenvalue weighted by Gasteiger charge is 1.75. The van der Waals surface area contributed by atoms with E-state index in [1.165, 1.54) is 20.3 Å². The molecular weight excluding hydrogens is 72.1 g/mol. The predicted octanol–water partition coefficient (Wildman–Crippen LogP) is 2.40. The Hall–Kier alpha value is 0. The van der Waals surface area contributed by atoms with Crippen molar-refractivity contribution in [3.05, 3.63) is 6.42 Å². The molecule has 6 heavy (non-hydrogen) atoms. The first-order chi connectivity index (χ1) is 4.21. The Balaban J connectivity index is 3.56. The number of hydrogen-bond donors (Lipinski definition) is 0. The molecule has 37 valence electrons. The maximum Gasteiger partial charge on any atom is 0.0267 e. The van der Waals surface area contributed by atoms with Crippen molar-refractivity contribution in [3.63, 3.8) is 0 Å². The lowest BCUT2D eigenvalue weighted by atomic mass is 10.2. The third kappa shape index (κ3) is 4.00. The van der Waals surface area contributed by atoms with Crippen LogP contribution in [0.2, 0.25) is 0 Å². The Labute approximate surface area is 46.2 Å². The zero-order valence-electron chi connectivity index (χ0n) is 8.28. The van der Waals surface area contributed by atoms with Crippen LogP contribution in [-0.2, 0) is 0 Å². The van der Waals surface area contributed by atoms with E-state index in [0.29, 0.717) is 0 Å². The number of rotatable bonds is 3. The van der Waals surface area contributed by atoms with Crippen LogP contribution in [0, 0.1) is 6.42 Å². The van der Waals surface area contributed by atoms with Crippen LogP contribution in [0.1, 0.15) is 38.5 Å². The second kappa shape index (κ2) is 5.00. The molecule has 1 radical (unpaired) electrons. The fourth-order valence-corrected chi connectivity index (χ4v) is 0.204. The van der Waals surface area contributed by atoms with Gasteiger partial charge in [0.1, 0.15) is 0 Å². The van der Waals surface area contributed by atoms with Crippen molar-refractivity contribution in [2.45, 2.75) is 33.0 Å². The molecule has 0 saturated heterocycles. The smallest absolute Gasteiger partial charge is 0.0267 e. The van der Waals surface area contributed by atoms with Gasteiger partial charge in [0.2, 0.25) is 0 Å². The van der Waals surface area contributed by atoms with E-state index in [0.717, 1.165) is 0 Å². The van der Waals surface area contributed by atoms with E-state index in [1.54, 1.807) is 0 Å². The van der Waals surface area contributed by atoms with Crippen molar-refractivity contribution >= 4 is 0 Å². The molecule has 0 heteroatoms. The minimum Gasteiger partial charge on any atom is -0.0654 e. The summed E-state index contributed by atoms with van der Waals surface area (Å²) in [6.45, 7) is 2.86. The zero-order valence-corrected chi connectivity index (χ0v) is 4.28. The summed E-state index contributed by atoms with van der Waals surface area (Å²) in [6.07, 6.45) is -1.13. The lowest BCUT2D eigenvalue weighted by molar-refractivity contribution is 0.852. The lowest BCUT2D eigenvalue weighted by Gasteiger charge is -1.85. The summed E-state index contributed by atoms with van der Waals surface area (Å²) >= 11 is 0. The Morgan fingerprint density at radius 2 is 2.33 bits per heavy atom. The molecule has 0 N–H and O–H groups in total. The van der Waals surface area contributed by atoms with Gasteiger partial charge in [-0.1, -0.05) is 33.0 Å². The van der Waals surface area contributed by atoms with Gasteiger partial charge < -0.3 is 0 Å². The molecule has 0 heterocycles. The third-order valence-electron chi connectivity index (χ3n) is 0.510. The Kier molecular flexibility index (Phi) is 1.54. The Morgan fingerprint density at radius 1 is 1.67 bits per heavy atom. The monoisotopic (exact) mass is 89.1 g/mol. The molecule has 0 amide bonds. The molecule has 0 aliphatic rings. The summed E-state index contributed by atoms with van der Waals surface area (Å²) < 4.78 is 28.3. The number of hydrogen-bond acceptors (Lipinski definition) is 0. The minimum absolute atomic E-state index is 0.163. The molecule has 0 nitrogen and oxygen atoms in total. The van der Waals surface area contributed by atoms with E-state index in [-0.39, 0.29) is 6.42 Å². The Morgan fingerprint density at radius 3 is 2.50 bits per heavy atom. The van der Waals surface area contributed by atoms with Crippen LogP contribution in [0.25, 0.3) is 0 Å². The van der Waals surface area contributed by atoms with Crippen LogP contribution in [0.5, 0.6) is 0 Å². The second-order valence-corrected chi connectivity index (χ2v) is 1.05. The molecule has 0 aromatic rings.